The van der Waals surface area contributed by atoms with Crippen LogP contribution in [-0.4, -0.2) is 38.7 Å². The van der Waals surface area contributed by atoms with E-state index in [1.54, 1.807) is 12.3 Å². The third kappa shape index (κ3) is 6.85. The van der Waals surface area contributed by atoms with Crippen molar-refractivity contribution in [1.82, 2.24) is 20.4 Å². The summed E-state index contributed by atoms with van der Waals surface area (Å²) in [7, 11) is 0. The minimum Gasteiger partial charge on any atom is -0.406 e. The van der Waals surface area contributed by atoms with Gasteiger partial charge in [0.25, 0.3) is 0 Å². The first kappa shape index (κ1) is 22.9. The van der Waals surface area contributed by atoms with Gasteiger partial charge in [0.05, 0.1) is 12.1 Å². The minimum absolute atomic E-state index is 0.121. The van der Waals surface area contributed by atoms with Crippen LogP contribution in [0, 0.1) is 0 Å². The molecule has 1 fully saturated rings. The van der Waals surface area contributed by atoms with Gasteiger partial charge in [-0.05, 0) is 55.5 Å². The molecule has 0 unspecified atom stereocenters. The number of hydrogen-bond donors (Lipinski definition) is 2. The van der Waals surface area contributed by atoms with E-state index in [0.717, 1.165) is 31.4 Å². The van der Waals surface area contributed by atoms with Crippen LogP contribution < -0.4 is 15.4 Å². The topological polar surface area (TPSA) is 102 Å². The Morgan fingerprint density at radius 2 is 1.85 bits per heavy atom. The largest absolute Gasteiger partial charge is 0.573 e. The van der Waals surface area contributed by atoms with Crippen molar-refractivity contribution in [2.75, 3.05) is 10.6 Å². The van der Waals surface area contributed by atoms with Crippen molar-refractivity contribution in [3.05, 3.63) is 53.9 Å². The van der Waals surface area contributed by atoms with Crippen molar-refractivity contribution in [3.8, 4) is 5.75 Å². The van der Waals surface area contributed by atoms with Crippen molar-refractivity contribution in [1.29, 1.82) is 0 Å². The van der Waals surface area contributed by atoms with Crippen LogP contribution in [0.3, 0.4) is 0 Å². The number of nitrogens with zero attached hydrogens (tertiary/aromatic N) is 4. The zero-order valence-electron chi connectivity index (χ0n) is 17.4. The average molecular weight is 479 g/mol. The number of nitrogens with one attached hydrogen (secondary N) is 2. The highest BCUT2D eigenvalue weighted by molar-refractivity contribution is 7.19. The number of rotatable bonds is 7. The van der Waals surface area contributed by atoms with Crippen LogP contribution in [0.1, 0.15) is 42.9 Å². The molecule has 1 aliphatic rings. The van der Waals surface area contributed by atoms with Gasteiger partial charge < -0.3 is 15.4 Å². The van der Waals surface area contributed by atoms with E-state index >= 15 is 0 Å². The highest BCUT2D eigenvalue weighted by atomic mass is 32.1. The highest BCUT2D eigenvalue weighted by Gasteiger charge is 2.31. The molecule has 2 N–H and O–H groups in total. The van der Waals surface area contributed by atoms with Crippen LogP contribution in [0.5, 0.6) is 5.75 Å². The Bertz CT molecular complexity index is 1070. The second kappa shape index (κ2) is 10.1. The normalized spacial score (nSPS) is 18.5. The standard InChI is InChI=1S/C21H21F3N6O2S/c22-21(23,24)32-16-4-1-3-13(11-16)12-18(31)27-20-30-29-19(33-20)26-15-8-6-14(7-9-15)17-5-2-10-25-28-17/h1-5,10-11,14-15H,6-9,12H2,(H,26,29)(H,27,30,31). The van der Waals surface area contributed by atoms with Crippen molar-refractivity contribution < 1.29 is 22.7 Å². The van der Waals surface area contributed by atoms with Gasteiger partial charge in [-0.1, -0.05) is 23.5 Å². The lowest BCUT2D eigenvalue weighted by Gasteiger charge is -2.28. The zero-order valence-corrected chi connectivity index (χ0v) is 18.2. The average Bonchev–Trinajstić information content (AvgIpc) is 3.20. The van der Waals surface area contributed by atoms with E-state index in [-0.39, 0.29) is 18.2 Å². The SMILES string of the molecule is O=C(Cc1cccc(OC(F)(F)F)c1)Nc1nnc(NC2CCC(c3cccnn3)CC2)s1. The first-order chi connectivity index (χ1) is 15.8. The molecule has 3 aromatic rings. The molecule has 1 aromatic carbocycles. The molecule has 0 bridgehead atoms. The fourth-order valence-electron chi connectivity index (χ4n) is 3.77. The fourth-order valence-corrected chi connectivity index (χ4v) is 4.51. The summed E-state index contributed by atoms with van der Waals surface area (Å²) in [6.07, 6.45) is 0.668. The van der Waals surface area contributed by atoms with Gasteiger partial charge in [-0.2, -0.15) is 10.2 Å². The third-order valence-electron chi connectivity index (χ3n) is 5.23. The first-order valence-electron chi connectivity index (χ1n) is 10.4. The Morgan fingerprint density at radius 3 is 2.58 bits per heavy atom. The molecule has 1 amide bonds. The number of anilines is 2. The predicted molar refractivity (Wildman–Crippen MR) is 116 cm³/mol. The van der Waals surface area contributed by atoms with Gasteiger partial charge in [0.1, 0.15) is 5.75 Å². The molecule has 0 aliphatic heterocycles. The van der Waals surface area contributed by atoms with E-state index in [1.165, 1.54) is 29.5 Å². The van der Waals surface area contributed by atoms with Gasteiger partial charge in [-0.25, -0.2) is 0 Å². The van der Waals surface area contributed by atoms with Gasteiger partial charge in [0, 0.05) is 18.2 Å². The van der Waals surface area contributed by atoms with E-state index in [2.05, 4.69) is 35.8 Å². The maximum absolute atomic E-state index is 12.4. The van der Waals surface area contributed by atoms with E-state index in [4.69, 9.17) is 0 Å². The second-order valence-corrected chi connectivity index (χ2v) is 8.65. The number of ether oxygens (including phenoxy) is 1. The number of carbonyl (C=O) groups is 1. The Balaban J connectivity index is 1.25. The lowest BCUT2D eigenvalue weighted by atomic mass is 9.84. The number of hydrogen-bond acceptors (Lipinski definition) is 8. The molecule has 2 heterocycles. The molecule has 0 atom stereocenters. The zero-order chi connectivity index (χ0) is 23.3. The monoisotopic (exact) mass is 478 g/mol. The fraction of sp³-hybridized carbons (Fsp3) is 0.381. The van der Waals surface area contributed by atoms with Gasteiger partial charge in [-0.3, -0.25) is 4.79 Å². The molecule has 4 rings (SSSR count). The smallest absolute Gasteiger partial charge is 0.406 e. The summed E-state index contributed by atoms with van der Waals surface area (Å²) in [5, 5.41) is 23.1. The molecule has 0 spiro atoms. The summed E-state index contributed by atoms with van der Waals surface area (Å²) in [6, 6.07) is 9.46. The molecular formula is C21H21F3N6O2S. The summed E-state index contributed by atoms with van der Waals surface area (Å²) < 4.78 is 41.0. The van der Waals surface area contributed by atoms with Crippen molar-refractivity contribution in [2.45, 2.75) is 50.4 Å². The van der Waals surface area contributed by atoms with Crippen molar-refractivity contribution in [2.24, 2.45) is 0 Å². The van der Waals surface area contributed by atoms with E-state index in [1.807, 2.05) is 12.1 Å². The second-order valence-electron chi connectivity index (χ2n) is 7.67. The van der Waals surface area contributed by atoms with Crippen LogP contribution in [0.15, 0.2) is 42.6 Å². The quantitative estimate of drug-likeness (QED) is 0.514. The molecule has 0 saturated heterocycles. The number of amides is 1. The third-order valence-corrected chi connectivity index (χ3v) is 6.00. The number of halogens is 3. The molecule has 174 valence electrons. The molecule has 33 heavy (non-hydrogen) atoms. The van der Waals surface area contributed by atoms with Crippen LogP contribution in [0.4, 0.5) is 23.4 Å². The predicted octanol–water partition coefficient (Wildman–Crippen LogP) is 4.55. The summed E-state index contributed by atoms with van der Waals surface area (Å²) in [5.41, 5.74) is 1.41. The van der Waals surface area contributed by atoms with Crippen molar-refractivity contribution in [3.63, 3.8) is 0 Å². The summed E-state index contributed by atoms with van der Waals surface area (Å²) in [5.74, 6) is -0.378. The molecule has 2 aromatic heterocycles. The van der Waals surface area contributed by atoms with Crippen LogP contribution >= 0.6 is 11.3 Å². The Hall–Kier alpha value is -3.28. The Labute approximate surface area is 191 Å². The molecule has 12 heteroatoms. The van der Waals surface area contributed by atoms with Crippen LogP contribution in [0.2, 0.25) is 0 Å². The lowest BCUT2D eigenvalue weighted by molar-refractivity contribution is -0.274. The summed E-state index contributed by atoms with van der Waals surface area (Å²) in [6.45, 7) is 0. The summed E-state index contributed by atoms with van der Waals surface area (Å²) >= 11 is 1.21. The lowest BCUT2D eigenvalue weighted by Crippen LogP contribution is -2.25. The number of aromatic nitrogens is 4. The van der Waals surface area contributed by atoms with Gasteiger partial charge in [0.2, 0.25) is 16.2 Å². The molecular weight excluding hydrogens is 457 g/mol. The van der Waals surface area contributed by atoms with Gasteiger partial charge in [0.15, 0.2) is 0 Å². The van der Waals surface area contributed by atoms with Crippen LogP contribution in [0.25, 0.3) is 0 Å². The maximum Gasteiger partial charge on any atom is 0.573 e. The first-order valence-corrected chi connectivity index (χ1v) is 11.2. The highest BCUT2D eigenvalue weighted by Crippen LogP contribution is 2.33. The Kier molecular flexibility index (Phi) is 7.02. The van der Waals surface area contributed by atoms with E-state index in [9.17, 15) is 18.0 Å². The number of benzene rings is 1. The molecule has 8 nitrogen and oxygen atoms in total. The minimum atomic E-state index is -4.79. The molecule has 1 saturated carbocycles. The molecule has 1 aliphatic carbocycles. The Morgan fingerprint density at radius 1 is 1.06 bits per heavy atom. The van der Waals surface area contributed by atoms with Gasteiger partial charge in [-0.15, -0.1) is 23.4 Å². The summed E-state index contributed by atoms with van der Waals surface area (Å²) in [4.78, 5) is 12.3. The number of alkyl halides is 3. The van der Waals surface area contributed by atoms with E-state index in [0.29, 0.717) is 21.7 Å². The number of carbonyl (C=O) groups excluding carboxylic acids is 1. The van der Waals surface area contributed by atoms with Gasteiger partial charge >= 0.3 is 6.36 Å². The van der Waals surface area contributed by atoms with E-state index < -0.39 is 12.3 Å². The molecule has 0 radical (unpaired) electrons. The maximum atomic E-state index is 12.4. The van der Waals surface area contributed by atoms with Crippen molar-refractivity contribution >= 4 is 27.5 Å². The van der Waals surface area contributed by atoms with Crippen LogP contribution in [-0.2, 0) is 11.2 Å².